The molecule has 0 bridgehead atoms. The maximum atomic E-state index is 10.2. The molecule has 1 aromatic carbocycles. The monoisotopic (exact) mass is 384 g/mol. The van der Waals surface area contributed by atoms with Crippen molar-refractivity contribution in [2.75, 3.05) is 6.61 Å². The zero-order chi connectivity index (χ0) is 16.7. The predicted octanol–water partition coefficient (Wildman–Crippen LogP) is 4.72. The van der Waals surface area contributed by atoms with Gasteiger partial charge in [0.1, 0.15) is 0 Å². The summed E-state index contributed by atoms with van der Waals surface area (Å²) in [6.07, 6.45) is 5.67. The van der Waals surface area contributed by atoms with Gasteiger partial charge in [-0.2, -0.15) is 38.0 Å². The van der Waals surface area contributed by atoms with Crippen LogP contribution in [-0.4, -0.2) is 18.0 Å². The fourth-order valence-electron chi connectivity index (χ4n) is 1.30. The van der Waals surface area contributed by atoms with Gasteiger partial charge in [0.05, 0.1) is 6.29 Å². The summed E-state index contributed by atoms with van der Waals surface area (Å²) in [5, 5.41) is 8.34. The Hall–Kier alpha value is -0.410. The van der Waals surface area contributed by atoms with Crippen molar-refractivity contribution in [3.63, 3.8) is 0 Å². The molecule has 0 aliphatic carbocycles. The molecule has 22 heavy (non-hydrogen) atoms. The number of carbonyl (C=O) groups excluding carboxylic acids is 1. The summed E-state index contributed by atoms with van der Waals surface area (Å²) in [6.45, 7) is 14.3. The van der Waals surface area contributed by atoms with E-state index in [9.17, 15) is 4.79 Å². The van der Waals surface area contributed by atoms with E-state index in [-0.39, 0.29) is 22.4 Å². The van der Waals surface area contributed by atoms with Crippen LogP contribution in [0.15, 0.2) is 24.3 Å². The van der Waals surface area contributed by atoms with E-state index in [1.165, 1.54) is 5.56 Å². The Balaban J connectivity index is -0.000000286. The van der Waals surface area contributed by atoms with Gasteiger partial charge >= 0.3 is 22.4 Å². The molecule has 0 amide bonds. The second-order valence-corrected chi connectivity index (χ2v) is 5.36. The molecule has 0 heterocycles. The molecule has 124 valence electrons. The number of rotatable bonds is 5. The van der Waals surface area contributed by atoms with Gasteiger partial charge in [0.25, 0.3) is 0 Å². The van der Waals surface area contributed by atoms with E-state index >= 15 is 0 Å². The predicted molar refractivity (Wildman–Crippen MR) is 91.8 cm³/mol. The molecule has 2 nitrogen and oxygen atoms in total. The Morgan fingerprint density at radius 3 is 1.86 bits per heavy atom. The Morgan fingerprint density at radius 2 is 1.64 bits per heavy atom. The molecule has 1 rings (SSSR count). The molecule has 0 radical (unpaired) electrons. The minimum Gasteiger partial charge on any atom is -0.396 e. The van der Waals surface area contributed by atoms with Crippen LogP contribution in [0.5, 0.6) is 0 Å². The van der Waals surface area contributed by atoms with Crippen LogP contribution in [0.3, 0.4) is 0 Å². The normalized spacial score (nSPS) is 10.4. The van der Waals surface area contributed by atoms with Gasteiger partial charge in [-0.3, -0.25) is 0 Å². The van der Waals surface area contributed by atoms with Gasteiger partial charge < -0.3 is 23.2 Å². The maximum Gasteiger partial charge on any atom is 3.00 e. The van der Waals surface area contributed by atoms with Crippen LogP contribution in [0.1, 0.15) is 64.5 Å². The standard InChI is InChI=1S/C10H11O.C6H13O.C3H7.Nb/c1-8(2)10-5-3-9(7-11)4-6-10;1-3-6(2)4-5-7;1-3-2;/h3-6,8H,1-2H3;6-7H,1,3-5H2,2H3;3H,1-2H3;/q3*-1;+3. The summed E-state index contributed by atoms with van der Waals surface area (Å²) in [6, 6.07) is 7.51. The maximum absolute atomic E-state index is 10.2. The fraction of sp³-hybridized carbons (Fsp3) is 0.526. The number of benzene rings is 1. The van der Waals surface area contributed by atoms with Crippen molar-refractivity contribution in [3.8, 4) is 0 Å². The van der Waals surface area contributed by atoms with Crippen LogP contribution in [0.4, 0.5) is 0 Å². The topological polar surface area (TPSA) is 37.3 Å². The number of aliphatic hydroxyl groups excluding tert-OH is 1. The zero-order valence-electron chi connectivity index (χ0n) is 14.7. The molecular weight excluding hydrogens is 353 g/mol. The molecule has 1 aromatic rings. The summed E-state index contributed by atoms with van der Waals surface area (Å²) >= 11 is 0. The van der Waals surface area contributed by atoms with Gasteiger partial charge in [0.2, 0.25) is 0 Å². The summed E-state index contributed by atoms with van der Waals surface area (Å²) in [5.41, 5.74) is 1.87. The van der Waals surface area contributed by atoms with Crippen molar-refractivity contribution in [2.24, 2.45) is 5.92 Å². The van der Waals surface area contributed by atoms with E-state index < -0.39 is 0 Å². The van der Waals surface area contributed by atoms with E-state index in [1.807, 2.05) is 38.7 Å². The van der Waals surface area contributed by atoms with E-state index in [0.29, 0.717) is 24.0 Å². The average Bonchev–Trinajstić information content (AvgIpc) is 2.49. The van der Waals surface area contributed by atoms with Gasteiger partial charge in [-0.15, -0.1) is 12.1 Å². The number of aliphatic hydroxyl groups is 1. The summed E-state index contributed by atoms with van der Waals surface area (Å²) in [4.78, 5) is 10.2. The van der Waals surface area contributed by atoms with Crippen molar-refractivity contribution in [1.82, 2.24) is 0 Å². The third kappa shape index (κ3) is 16.0. The van der Waals surface area contributed by atoms with Gasteiger partial charge in [-0.1, -0.05) is 32.3 Å². The van der Waals surface area contributed by atoms with E-state index in [2.05, 4.69) is 27.7 Å². The molecule has 3 heteroatoms. The van der Waals surface area contributed by atoms with Crippen LogP contribution < -0.4 is 0 Å². The summed E-state index contributed by atoms with van der Waals surface area (Å²) < 4.78 is 0. The first kappa shape index (κ1) is 26.5. The number of hydrogen-bond donors (Lipinski definition) is 1. The van der Waals surface area contributed by atoms with Gasteiger partial charge in [0, 0.05) is 6.61 Å². The first-order valence-corrected chi connectivity index (χ1v) is 7.58. The Kier molecular flexibility index (Phi) is 22.4. The van der Waals surface area contributed by atoms with Gasteiger partial charge in [0.15, 0.2) is 0 Å². The Morgan fingerprint density at radius 1 is 1.18 bits per heavy atom. The third-order valence-corrected chi connectivity index (χ3v) is 2.81. The van der Waals surface area contributed by atoms with Crippen molar-refractivity contribution in [3.05, 3.63) is 48.7 Å². The van der Waals surface area contributed by atoms with Crippen LogP contribution in [-0.2, 0) is 27.2 Å². The molecule has 0 aliphatic heterocycles. The molecule has 0 saturated carbocycles. The second-order valence-electron chi connectivity index (χ2n) is 5.36. The molecule has 0 aromatic heterocycles. The molecule has 1 atom stereocenters. The SMILES string of the molecule is CC(C)c1ccc([C-]=O)cc1.C[CH-]C.[CH2-]CC(C)CCO.[Nb+3]. The molecular formula is C19H31NbO2. The summed E-state index contributed by atoms with van der Waals surface area (Å²) in [5.74, 6) is 1.11. The Bertz CT molecular complexity index is 334. The quantitative estimate of drug-likeness (QED) is 0.589. The van der Waals surface area contributed by atoms with Crippen molar-refractivity contribution < 1.29 is 32.3 Å². The smallest absolute Gasteiger partial charge is 0.396 e. The van der Waals surface area contributed by atoms with Crippen molar-refractivity contribution in [2.45, 2.75) is 53.4 Å². The van der Waals surface area contributed by atoms with Crippen LogP contribution in [0, 0.1) is 19.3 Å². The minimum atomic E-state index is 0. The number of hydrogen-bond acceptors (Lipinski definition) is 2. The summed E-state index contributed by atoms with van der Waals surface area (Å²) in [7, 11) is 0. The molecule has 0 spiro atoms. The first-order valence-electron chi connectivity index (χ1n) is 7.58. The molecule has 0 saturated heterocycles. The largest absolute Gasteiger partial charge is 3.00 e. The van der Waals surface area contributed by atoms with Gasteiger partial charge in [-0.25, -0.2) is 0 Å². The molecule has 1 unspecified atom stereocenters. The van der Waals surface area contributed by atoms with Crippen LogP contribution in [0.2, 0.25) is 0 Å². The molecule has 0 aliphatic rings. The first-order chi connectivity index (χ1) is 9.96. The average molecular weight is 384 g/mol. The van der Waals surface area contributed by atoms with Crippen molar-refractivity contribution >= 4 is 6.29 Å². The minimum absolute atomic E-state index is 0. The zero-order valence-corrected chi connectivity index (χ0v) is 16.9. The second kappa shape index (κ2) is 18.6. The fourth-order valence-corrected chi connectivity index (χ4v) is 1.30. The third-order valence-electron chi connectivity index (χ3n) is 2.81. The van der Waals surface area contributed by atoms with Crippen LogP contribution >= 0.6 is 0 Å². The molecule has 0 fully saturated rings. The van der Waals surface area contributed by atoms with Gasteiger partial charge in [-0.05, 0) is 12.3 Å². The molecule has 1 N–H and O–H groups in total. The Labute approximate surface area is 153 Å². The van der Waals surface area contributed by atoms with E-state index in [1.54, 1.807) is 12.1 Å². The van der Waals surface area contributed by atoms with Crippen LogP contribution in [0.25, 0.3) is 0 Å². The van der Waals surface area contributed by atoms with E-state index in [0.717, 1.165) is 12.8 Å². The van der Waals surface area contributed by atoms with E-state index in [4.69, 9.17) is 5.11 Å². The van der Waals surface area contributed by atoms with Crippen molar-refractivity contribution in [1.29, 1.82) is 0 Å².